The molecule has 1 N–H and O–H groups in total. The smallest absolute Gasteiger partial charge is 0.243 e. The molecular weight excluding hydrogens is 374 g/mol. The molecule has 0 spiro atoms. The van der Waals surface area contributed by atoms with Crippen LogP contribution >= 0.6 is 0 Å². The van der Waals surface area contributed by atoms with Gasteiger partial charge in [0.15, 0.2) is 0 Å². The number of carbonyl (C=O) groups is 1. The second kappa shape index (κ2) is 9.59. The van der Waals surface area contributed by atoms with Gasteiger partial charge in [-0.05, 0) is 50.1 Å². The first-order chi connectivity index (χ1) is 13.2. The number of anilines is 2. The Hall–Kier alpha value is -2.54. The van der Waals surface area contributed by atoms with Crippen LogP contribution in [-0.2, 0) is 14.8 Å². The molecule has 0 saturated heterocycles. The van der Waals surface area contributed by atoms with E-state index in [1.807, 2.05) is 50.4 Å². The van der Waals surface area contributed by atoms with Gasteiger partial charge in [0, 0.05) is 25.8 Å². The third-order valence-electron chi connectivity index (χ3n) is 4.51. The third-order valence-corrected chi connectivity index (χ3v) is 5.75. The van der Waals surface area contributed by atoms with Crippen molar-refractivity contribution in [2.24, 2.45) is 0 Å². The maximum Gasteiger partial charge on any atom is 0.243 e. The van der Waals surface area contributed by atoms with E-state index in [2.05, 4.69) is 10.2 Å². The van der Waals surface area contributed by atoms with Gasteiger partial charge in [-0.3, -0.25) is 9.10 Å². The molecule has 2 aromatic rings. The van der Waals surface area contributed by atoms with Crippen molar-refractivity contribution in [2.45, 2.75) is 26.3 Å². The minimum atomic E-state index is -3.59. The Kier molecular flexibility index (Phi) is 7.45. The lowest BCUT2D eigenvalue weighted by atomic mass is 10.2. The van der Waals surface area contributed by atoms with E-state index in [4.69, 9.17) is 0 Å². The minimum absolute atomic E-state index is 0.311. The molecule has 0 unspecified atom stereocenters. The van der Waals surface area contributed by atoms with Crippen LogP contribution in [0.15, 0.2) is 54.6 Å². The molecule has 152 valence electrons. The van der Waals surface area contributed by atoms with Crippen molar-refractivity contribution in [3.63, 3.8) is 0 Å². The highest BCUT2D eigenvalue weighted by Crippen LogP contribution is 2.22. The fraction of sp³-hybridized carbons (Fsp3) is 0.381. The zero-order chi connectivity index (χ0) is 20.7. The SMILES string of the molecule is Cc1cccc(N([C@@H](C)C(=O)NCCCN(C)c2ccccc2)S(C)(=O)=O)c1. The number of benzene rings is 2. The fourth-order valence-electron chi connectivity index (χ4n) is 3.06. The number of nitrogens with zero attached hydrogens (tertiary/aromatic N) is 2. The summed E-state index contributed by atoms with van der Waals surface area (Å²) in [4.78, 5) is 14.7. The molecular formula is C21H29N3O3S. The molecule has 2 aromatic carbocycles. The average molecular weight is 404 g/mol. The van der Waals surface area contributed by atoms with Gasteiger partial charge in [-0.2, -0.15) is 0 Å². The molecule has 0 fully saturated rings. The van der Waals surface area contributed by atoms with Crippen LogP contribution in [-0.4, -0.2) is 46.8 Å². The predicted molar refractivity (Wildman–Crippen MR) is 115 cm³/mol. The molecule has 7 heteroatoms. The molecule has 28 heavy (non-hydrogen) atoms. The van der Waals surface area contributed by atoms with Crippen molar-refractivity contribution < 1.29 is 13.2 Å². The summed E-state index contributed by atoms with van der Waals surface area (Å²) in [6.07, 6.45) is 1.88. The van der Waals surface area contributed by atoms with E-state index >= 15 is 0 Å². The average Bonchev–Trinajstić information content (AvgIpc) is 2.64. The van der Waals surface area contributed by atoms with Crippen molar-refractivity contribution >= 4 is 27.3 Å². The number of nitrogens with one attached hydrogen (secondary N) is 1. The van der Waals surface area contributed by atoms with Crippen LogP contribution in [0.4, 0.5) is 11.4 Å². The number of hydrogen-bond donors (Lipinski definition) is 1. The maximum atomic E-state index is 12.6. The fourth-order valence-corrected chi connectivity index (χ4v) is 4.23. The lowest BCUT2D eigenvalue weighted by molar-refractivity contribution is -0.121. The number of para-hydroxylation sites is 1. The maximum absolute atomic E-state index is 12.6. The van der Waals surface area contributed by atoms with Crippen molar-refractivity contribution in [2.75, 3.05) is 35.6 Å². The third kappa shape index (κ3) is 5.99. The molecule has 2 rings (SSSR count). The van der Waals surface area contributed by atoms with E-state index in [9.17, 15) is 13.2 Å². The van der Waals surface area contributed by atoms with Crippen LogP contribution in [0.3, 0.4) is 0 Å². The summed E-state index contributed by atoms with van der Waals surface area (Å²) in [7, 11) is -1.59. The Morgan fingerprint density at radius 2 is 1.71 bits per heavy atom. The summed E-state index contributed by atoms with van der Waals surface area (Å²) in [5.74, 6) is -0.311. The first-order valence-corrected chi connectivity index (χ1v) is 11.1. The molecule has 1 atom stereocenters. The monoisotopic (exact) mass is 403 g/mol. The Bertz CT molecular complexity index is 885. The molecule has 0 aliphatic rings. The quantitative estimate of drug-likeness (QED) is 0.654. The van der Waals surface area contributed by atoms with Gasteiger partial charge in [-0.15, -0.1) is 0 Å². The normalized spacial score (nSPS) is 12.3. The second-order valence-electron chi connectivity index (χ2n) is 6.98. The largest absolute Gasteiger partial charge is 0.375 e. The van der Waals surface area contributed by atoms with Gasteiger partial charge in [0.1, 0.15) is 6.04 Å². The van der Waals surface area contributed by atoms with Crippen molar-refractivity contribution in [1.29, 1.82) is 0 Å². The summed E-state index contributed by atoms with van der Waals surface area (Å²) >= 11 is 0. The van der Waals surface area contributed by atoms with E-state index in [1.54, 1.807) is 25.1 Å². The summed E-state index contributed by atoms with van der Waals surface area (Å²) in [5, 5.41) is 2.85. The summed E-state index contributed by atoms with van der Waals surface area (Å²) < 4.78 is 25.8. The topological polar surface area (TPSA) is 69.7 Å². The molecule has 6 nitrogen and oxygen atoms in total. The molecule has 1 amide bonds. The van der Waals surface area contributed by atoms with Gasteiger partial charge >= 0.3 is 0 Å². The molecule has 0 heterocycles. The minimum Gasteiger partial charge on any atom is -0.375 e. The van der Waals surface area contributed by atoms with Gasteiger partial charge in [-0.1, -0.05) is 30.3 Å². The van der Waals surface area contributed by atoms with Crippen LogP contribution in [0.25, 0.3) is 0 Å². The predicted octanol–water partition coefficient (Wildman–Crippen LogP) is 2.79. The van der Waals surface area contributed by atoms with Crippen LogP contribution in [0.1, 0.15) is 18.9 Å². The van der Waals surface area contributed by atoms with Gasteiger partial charge in [0.25, 0.3) is 0 Å². The number of rotatable bonds is 9. The van der Waals surface area contributed by atoms with Crippen molar-refractivity contribution in [3.8, 4) is 0 Å². The Morgan fingerprint density at radius 1 is 1.07 bits per heavy atom. The summed E-state index contributed by atoms with van der Waals surface area (Å²) in [6, 6.07) is 16.3. The summed E-state index contributed by atoms with van der Waals surface area (Å²) in [5.41, 5.74) is 2.54. The zero-order valence-electron chi connectivity index (χ0n) is 16.9. The van der Waals surface area contributed by atoms with Gasteiger partial charge in [0.05, 0.1) is 11.9 Å². The first-order valence-electron chi connectivity index (χ1n) is 9.30. The van der Waals surface area contributed by atoms with Crippen LogP contribution in [0, 0.1) is 6.92 Å². The number of aryl methyl sites for hydroxylation is 1. The standard InChI is InChI=1S/C21H29N3O3S/c1-17-10-8-13-20(16-17)24(28(4,26)27)18(2)21(25)22-14-9-15-23(3)19-11-6-5-7-12-19/h5-8,10-13,16,18H,9,14-15H2,1-4H3,(H,22,25)/t18-/m0/s1. The van der Waals surface area contributed by atoms with Gasteiger partial charge in [-0.25, -0.2) is 8.42 Å². The number of hydrogen-bond acceptors (Lipinski definition) is 4. The van der Waals surface area contributed by atoms with Crippen molar-refractivity contribution in [1.82, 2.24) is 5.32 Å². The van der Waals surface area contributed by atoms with Crippen LogP contribution in [0.5, 0.6) is 0 Å². The van der Waals surface area contributed by atoms with Gasteiger partial charge in [0.2, 0.25) is 15.9 Å². The van der Waals surface area contributed by atoms with E-state index in [1.165, 1.54) is 4.31 Å². The van der Waals surface area contributed by atoms with E-state index in [-0.39, 0.29) is 5.91 Å². The Morgan fingerprint density at radius 3 is 2.32 bits per heavy atom. The van der Waals surface area contributed by atoms with Crippen molar-refractivity contribution in [3.05, 3.63) is 60.2 Å². The highest BCUT2D eigenvalue weighted by atomic mass is 32.2. The van der Waals surface area contributed by atoms with Gasteiger partial charge < -0.3 is 10.2 Å². The number of carbonyl (C=O) groups excluding carboxylic acids is 1. The highest BCUT2D eigenvalue weighted by Gasteiger charge is 2.28. The lowest BCUT2D eigenvalue weighted by Gasteiger charge is -2.28. The zero-order valence-corrected chi connectivity index (χ0v) is 17.7. The van der Waals surface area contributed by atoms with E-state index in [0.29, 0.717) is 12.2 Å². The molecule has 0 radical (unpaired) electrons. The number of amides is 1. The molecule has 0 saturated carbocycles. The first kappa shape index (κ1) is 21.8. The van der Waals surface area contributed by atoms with Crippen LogP contribution in [0.2, 0.25) is 0 Å². The Labute approximate surface area is 168 Å². The van der Waals surface area contributed by atoms with E-state index in [0.717, 1.165) is 30.5 Å². The highest BCUT2D eigenvalue weighted by molar-refractivity contribution is 7.92. The lowest BCUT2D eigenvalue weighted by Crippen LogP contribution is -2.48. The van der Waals surface area contributed by atoms with Crippen LogP contribution < -0.4 is 14.5 Å². The molecule has 0 aliphatic heterocycles. The molecule has 0 aliphatic carbocycles. The Balaban J connectivity index is 1.94. The summed E-state index contributed by atoms with van der Waals surface area (Å²) in [6.45, 7) is 4.75. The number of sulfonamides is 1. The molecule has 0 aromatic heterocycles. The second-order valence-corrected chi connectivity index (χ2v) is 8.83. The van der Waals surface area contributed by atoms with E-state index < -0.39 is 16.1 Å². The molecule has 0 bridgehead atoms.